The zero-order valence-corrected chi connectivity index (χ0v) is 13.8. The number of rotatable bonds is 7. The number of anilines is 3. The summed E-state index contributed by atoms with van der Waals surface area (Å²) >= 11 is 0. The van der Waals surface area contributed by atoms with Gasteiger partial charge >= 0.3 is 5.97 Å². The van der Waals surface area contributed by atoms with E-state index in [0.29, 0.717) is 23.9 Å². The van der Waals surface area contributed by atoms with E-state index in [1.807, 2.05) is 0 Å². The van der Waals surface area contributed by atoms with Crippen LogP contribution >= 0.6 is 0 Å². The van der Waals surface area contributed by atoms with Gasteiger partial charge in [-0.1, -0.05) is 18.2 Å². The number of nitrogens with one attached hydrogen (secondary N) is 2. The number of halogens is 1. The number of aromatic nitrogens is 2. The van der Waals surface area contributed by atoms with Gasteiger partial charge in [-0.05, 0) is 42.3 Å². The Morgan fingerprint density at radius 1 is 1.04 bits per heavy atom. The quantitative estimate of drug-likeness (QED) is 0.601. The van der Waals surface area contributed by atoms with E-state index in [-0.39, 0.29) is 11.4 Å². The maximum Gasteiger partial charge on any atom is 0.335 e. The number of hydrogen-bond donors (Lipinski definition) is 3. The number of hydrogen-bond acceptors (Lipinski definition) is 5. The van der Waals surface area contributed by atoms with Gasteiger partial charge in [0.2, 0.25) is 0 Å². The average molecular weight is 352 g/mol. The van der Waals surface area contributed by atoms with Crippen molar-refractivity contribution in [1.29, 1.82) is 0 Å². The van der Waals surface area contributed by atoms with Crippen molar-refractivity contribution in [3.63, 3.8) is 0 Å². The fraction of sp³-hybridized carbons (Fsp3) is 0.105. The van der Waals surface area contributed by atoms with Gasteiger partial charge in [0.05, 0.1) is 5.56 Å². The molecule has 0 fully saturated rings. The summed E-state index contributed by atoms with van der Waals surface area (Å²) in [5, 5.41) is 15.3. The van der Waals surface area contributed by atoms with Crippen molar-refractivity contribution in [3.8, 4) is 0 Å². The minimum atomic E-state index is -0.987. The third-order valence-corrected chi connectivity index (χ3v) is 3.68. The second-order valence-corrected chi connectivity index (χ2v) is 5.60. The molecule has 0 atom stereocenters. The molecule has 0 aliphatic rings. The Kier molecular flexibility index (Phi) is 5.38. The molecule has 0 bridgehead atoms. The molecule has 3 N–H and O–H groups in total. The molecule has 0 aliphatic carbocycles. The number of benzene rings is 2. The third-order valence-electron chi connectivity index (χ3n) is 3.68. The first-order valence-electron chi connectivity index (χ1n) is 8.01. The molecule has 1 heterocycles. The predicted octanol–water partition coefficient (Wildman–Crippen LogP) is 3.71. The molecular formula is C19H17FN4O2. The van der Waals surface area contributed by atoms with Crippen LogP contribution in [0.1, 0.15) is 15.9 Å². The van der Waals surface area contributed by atoms with E-state index in [9.17, 15) is 9.18 Å². The van der Waals surface area contributed by atoms with Crippen LogP contribution in [0.25, 0.3) is 0 Å². The summed E-state index contributed by atoms with van der Waals surface area (Å²) in [6.07, 6.45) is 2.15. The zero-order valence-electron chi connectivity index (χ0n) is 13.8. The second-order valence-electron chi connectivity index (χ2n) is 5.60. The van der Waals surface area contributed by atoms with Crippen molar-refractivity contribution in [2.24, 2.45) is 0 Å². The first kappa shape index (κ1) is 17.3. The molecule has 132 valence electrons. The molecule has 6 nitrogen and oxygen atoms in total. The Morgan fingerprint density at radius 3 is 2.58 bits per heavy atom. The number of nitrogens with zero attached hydrogens (tertiary/aromatic N) is 2. The van der Waals surface area contributed by atoms with Gasteiger partial charge in [-0.25, -0.2) is 19.2 Å². The summed E-state index contributed by atoms with van der Waals surface area (Å²) in [6.45, 7) is 0.636. The van der Waals surface area contributed by atoms with E-state index in [1.165, 1.54) is 30.6 Å². The zero-order chi connectivity index (χ0) is 18.4. The molecule has 0 spiro atoms. The van der Waals surface area contributed by atoms with Crippen LogP contribution in [0.5, 0.6) is 0 Å². The largest absolute Gasteiger partial charge is 0.478 e. The summed E-state index contributed by atoms with van der Waals surface area (Å²) in [4.78, 5) is 19.3. The lowest BCUT2D eigenvalue weighted by Gasteiger charge is -2.09. The van der Waals surface area contributed by atoms with Crippen molar-refractivity contribution in [1.82, 2.24) is 9.97 Å². The molecule has 0 unspecified atom stereocenters. The molecule has 0 aliphatic heterocycles. The Balaban J connectivity index is 1.60. The van der Waals surface area contributed by atoms with Gasteiger partial charge in [-0.3, -0.25) is 0 Å². The molecule has 1 aromatic heterocycles. The molecular weight excluding hydrogens is 335 g/mol. The molecule has 7 heteroatoms. The van der Waals surface area contributed by atoms with Crippen LogP contribution in [-0.4, -0.2) is 27.6 Å². The fourth-order valence-corrected chi connectivity index (χ4v) is 2.39. The van der Waals surface area contributed by atoms with Crippen LogP contribution in [0.4, 0.5) is 21.7 Å². The van der Waals surface area contributed by atoms with E-state index in [0.717, 1.165) is 12.0 Å². The van der Waals surface area contributed by atoms with Crippen molar-refractivity contribution >= 4 is 23.3 Å². The molecule has 0 saturated carbocycles. The van der Waals surface area contributed by atoms with Crippen molar-refractivity contribution in [2.75, 3.05) is 17.2 Å². The monoisotopic (exact) mass is 352 g/mol. The van der Waals surface area contributed by atoms with E-state index in [2.05, 4.69) is 20.6 Å². The summed E-state index contributed by atoms with van der Waals surface area (Å²) in [6, 6.07) is 14.6. The standard InChI is InChI=1S/C19H17FN4O2/c20-15-6-4-13(5-7-15)8-9-21-17-11-18(23-12-22-17)24-16-3-1-2-14(10-16)19(25)26/h1-7,10-12H,8-9H2,(H,25,26)(H2,21,22,23,24). The van der Waals surface area contributed by atoms with Gasteiger partial charge in [0.1, 0.15) is 23.8 Å². The molecule has 0 amide bonds. The van der Waals surface area contributed by atoms with Crippen molar-refractivity contribution in [2.45, 2.75) is 6.42 Å². The Bertz CT molecular complexity index is 900. The van der Waals surface area contributed by atoms with Crippen LogP contribution in [-0.2, 0) is 6.42 Å². The van der Waals surface area contributed by atoms with E-state index in [4.69, 9.17) is 5.11 Å². The predicted molar refractivity (Wildman–Crippen MR) is 97.3 cm³/mol. The third kappa shape index (κ3) is 4.76. The van der Waals surface area contributed by atoms with Crippen LogP contribution in [0.15, 0.2) is 60.9 Å². The van der Waals surface area contributed by atoms with Gasteiger partial charge < -0.3 is 15.7 Å². The molecule has 0 radical (unpaired) electrons. The number of aromatic carboxylic acids is 1. The summed E-state index contributed by atoms with van der Waals surface area (Å²) in [5.41, 5.74) is 1.85. The van der Waals surface area contributed by atoms with E-state index in [1.54, 1.807) is 30.3 Å². The summed E-state index contributed by atoms with van der Waals surface area (Å²) in [7, 11) is 0. The first-order valence-corrected chi connectivity index (χ1v) is 8.01. The highest BCUT2D eigenvalue weighted by Crippen LogP contribution is 2.17. The highest BCUT2D eigenvalue weighted by Gasteiger charge is 2.05. The molecule has 2 aromatic carbocycles. The minimum absolute atomic E-state index is 0.196. The SMILES string of the molecule is O=C(O)c1cccc(Nc2cc(NCCc3ccc(F)cc3)ncn2)c1. The maximum atomic E-state index is 12.9. The smallest absolute Gasteiger partial charge is 0.335 e. The van der Waals surface area contributed by atoms with Crippen LogP contribution in [0.3, 0.4) is 0 Å². The van der Waals surface area contributed by atoms with Crippen LogP contribution < -0.4 is 10.6 Å². The lowest BCUT2D eigenvalue weighted by molar-refractivity contribution is 0.0697. The van der Waals surface area contributed by atoms with Gasteiger partial charge in [-0.15, -0.1) is 0 Å². The van der Waals surface area contributed by atoms with Gasteiger partial charge in [-0.2, -0.15) is 0 Å². The average Bonchev–Trinajstić information content (AvgIpc) is 2.64. The Labute approximate surface area is 149 Å². The second kappa shape index (κ2) is 8.06. The Morgan fingerprint density at radius 2 is 1.81 bits per heavy atom. The lowest BCUT2D eigenvalue weighted by atomic mass is 10.1. The fourth-order valence-electron chi connectivity index (χ4n) is 2.39. The van der Waals surface area contributed by atoms with Crippen molar-refractivity contribution in [3.05, 3.63) is 77.9 Å². The number of carbonyl (C=O) groups is 1. The number of carboxylic acid groups (broad SMARTS) is 1. The summed E-state index contributed by atoms with van der Waals surface area (Å²) in [5.74, 6) is -0.0505. The van der Waals surface area contributed by atoms with Gasteiger partial charge in [0, 0.05) is 18.3 Å². The number of carboxylic acids is 1. The normalized spacial score (nSPS) is 10.3. The highest BCUT2D eigenvalue weighted by atomic mass is 19.1. The molecule has 0 saturated heterocycles. The lowest BCUT2D eigenvalue weighted by Crippen LogP contribution is -2.07. The van der Waals surface area contributed by atoms with Crippen LogP contribution in [0.2, 0.25) is 0 Å². The van der Waals surface area contributed by atoms with Crippen LogP contribution in [0, 0.1) is 5.82 Å². The first-order chi connectivity index (χ1) is 12.6. The van der Waals surface area contributed by atoms with E-state index < -0.39 is 5.97 Å². The summed E-state index contributed by atoms with van der Waals surface area (Å²) < 4.78 is 12.9. The van der Waals surface area contributed by atoms with Crippen molar-refractivity contribution < 1.29 is 14.3 Å². The Hall–Kier alpha value is -3.48. The molecule has 3 aromatic rings. The minimum Gasteiger partial charge on any atom is -0.478 e. The molecule has 26 heavy (non-hydrogen) atoms. The van der Waals surface area contributed by atoms with Gasteiger partial charge in [0.25, 0.3) is 0 Å². The van der Waals surface area contributed by atoms with E-state index >= 15 is 0 Å². The molecule has 3 rings (SSSR count). The highest BCUT2D eigenvalue weighted by molar-refractivity contribution is 5.89. The van der Waals surface area contributed by atoms with Gasteiger partial charge in [0.15, 0.2) is 0 Å². The maximum absolute atomic E-state index is 12.9. The topological polar surface area (TPSA) is 87.1 Å².